The summed E-state index contributed by atoms with van der Waals surface area (Å²) in [6.07, 6.45) is 3.48. The summed E-state index contributed by atoms with van der Waals surface area (Å²) in [5.41, 5.74) is 7.70. The number of imidazole rings is 1. The molecule has 0 aliphatic rings. The van der Waals surface area contributed by atoms with Gasteiger partial charge in [-0.1, -0.05) is 23.7 Å². The van der Waals surface area contributed by atoms with E-state index in [4.69, 9.17) is 17.3 Å². The molecule has 78 valence electrons. The minimum Gasteiger partial charge on any atom is -0.323 e. The van der Waals surface area contributed by atoms with Gasteiger partial charge in [0.25, 0.3) is 0 Å². The van der Waals surface area contributed by atoms with E-state index in [2.05, 4.69) is 4.98 Å². The molecule has 2 rings (SSSR count). The Morgan fingerprint density at radius 3 is 2.80 bits per heavy atom. The molecule has 0 aliphatic carbocycles. The van der Waals surface area contributed by atoms with E-state index in [0.29, 0.717) is 5.02 Å². The molecule has 0 saturated carbocycles. The van der Waals surface area contributed by atoms with E-state index < -0.39 is 0 Å². The summed E-state index contributed by atoms with van der Waals surface area (Å²) in [6, 6.07) is 7.56. The van der Waals surface area contributed by atoms with Gasteiger partial charge in [0.05, 0.1) is 28.9 Å². The predicted molar refractivity (Wildman–Crippen MR) is 61.2 cm³/mol. The van der Waals surface area contributed by atoms with Crippen molar-refractivity contribution in [3.8, 4) is 5.69 Å². The molecule has 0 amide bonds. The molecule has 0 aliphatic heterocycles. The lowest BCUT2D eigenvalue weighted by atomic mass is 10.2. The minimum atomic E-state index is -0.0660. The van der Waals surface area contributed by atoms with Crippen LogP contribution < -0.4 is 5.73 Å². The van der Waals surface area contributed by atoms with Crippen LogP contribution >= 0.6 is 11.6 Å². The van der Waals surface area contributed by atoms with Crippen LogP contribution in [0.4, 0.5) is 0 Å². The standard InChI is InChI=1S/C11H12ClN3/c1-8(13)11-6-14-7-15(11)10-5-3-2-4-9(10)12/h2-8H,13H2,1H3/t8-/m0/s1. The first-order chi connectivity index (χ1) is 7.20. The van der Waals surface area contributed by atoms with Crippen molar-refractivity contribution in [2.24, 2.45) is 5.73 Å². The third-order valence-corrected chi connectivity index (χ3v) is 2.57. The quantitative estimate of drug-likeness (QED) is 0.847. The van der Waals surface area contributed by atoms with Crippen molar-refractivity contribution < 1.29 is 0 Å². The molecular weight excluding hydrogens is 210 g/mol. The zero-order valence-corrected chi connectivity index (χ0v) is 9.15. The lowest BCUT2D eigenvalue weighted by Gasteiger charge is -2.11. The van der Waals surface area contributed by atoms with Gasteiger partial charge in [-0.2, -0.15) is 0 Å². The largest absolute Gasteiger partial charge is 0.323 e. The Labute approximate surface area is 93.5 Å². The molecule has 0 bridgehead atoms. The number of nitrogens with zero attached hydrogens (tertiary/aromatic N) is 2. The van der Waals surface area contributed by atoms with Crippen LogP contribution in [-0.4, -0.2) is 9.55 Å². The van der Waals surface area contributed by atoms with E-state index in [1.165, 1.54) is 0 Å². The second-order valence-electron chi connectivity index (χ2n) is 3.43. The number of nitrogens with two attached hydrogens (primary N) is 1. The highest BCUT2D eigenvalue weighted by Gasteiger charge is 2.09. The summed E-state index contributed by atoms with van der Waals surface area (Å²) in [4.78, 5) is 4.09. The Morgan fingerprint density at radius 2 is 2.13 bits per heavy atom. The van der Waals surface area contributed by atoms with Gasteiger partial charge in [0.15, 0.2) is 0 Å². The zero-order valence-electron chi connectivity index (χ0n) is 8.39. The maximum atomic E-state index is 6.10. The molecule has 1 aromatic carbocycles. The topological polar surface area (TPSA) is 43.8 Å². The molecule has 1 heterocycles. The summed E-state index contributed by atoms with van der Waals surface area (Å²) < 4.78 is 1.91. The van der Waals surface area contributed by atoms with Crippen LogP contribution in [0.15, 0.2) is 36.8 Å². The molecule has 3 nitrogen and oxygen atoms in total. The molecule has 0 spiro atoms. The smallest absolute Gasteiger partial charge is 0.0995 e. The third-order valence-electron chi connectivity index (χ3n) is 2.25. The Bertz CT molecular complexity index is 462. The van der Waals surface area contributed by atoms with Gasteiger partial charge in [0, 0.05) is 6.04 Å². The van der Waals surface area contributed by atoms with Crippen LogP contribution in [0.25, 0.3) is 5.69 Å². The van der Waals surface area contributed by atoms with Gasteiger partial charge in [-0.25, -0.2) is 4.98 Å². The number of aromatic nitrogens is 2. The van der Waals surface area contributed by atoms with Gasteiger partial charge in [-0.15, -0.1) is 0 Å². The molecule has 0 fully saturated rings. The maximum Gasteiger partial charge on any atom is 0.0995 e. The average Bonchev–Trinajstić information content (AvgIpc) is 2.67. The molecule has 2 aromatic rings. The normalized spacial score (nSPS) is 12.7. The van der Waals surface area contributed by atoms with Gasteiger partial charge in [0.2, 0.25) is 0 Å². The molecule has 1 atom stereocenters. The number of rotatable bonds is 2. The zero-order chi connectivity index (χ0) is 10.8. The molecule has 15 heavy (non-hydrogen) atoms. The summed E-state index contributed by atoms with van der Waals surface area (Å²) in [5, 5.41) is 0.692. The second kappa shape index (κ2) is 4.04. The number of hydrogen-bond acceptors (Lipinski definition) is 2. The summed E-state index contributed by atoms with van der Waals surface area (Å²) in [5.74, 6) is 0. The van der Waals surface area contributed by atoms with Crippen molar-refractivity contribution in [1.29, 1.82) is 0 Å². The number of halogens is 1. The highest BCUT2D eigenvalue weighted by Crippen LogP contribution is 2.22. The maximum absolute atomic E-state index is 6.10. The van der Waals surface area contributed by atoms with E-state index in [-0.39, 0.29) is 6.04 Å². The number of hydrogen-bond donors (Lipinski definition) is 1. The van der Waals surface area contributed by atoms with Crippen molar-refractivity contribution in [2.45, 2.75) is 13.0 Å². The van der Waals surface area contributed by atoms with Gasteiger partial charge >= 0.3 is 0 Å². The Balaban J connectivity index is 2.55. The fraction of sp³-hybridized carbons (Fsp3) is 0.182. The fourth-order valence-electron chi connectivity index (χ4n) is 1.49. The van der Waals surface area contributed by atoms with Crippen LogP contribution in [0.1, 0.15) is 18.7 Å². The summed E-state index contributed by atoms with van der Waals surface area (Å²) >= 11 is 6.10. The first-order valence-corrected chi connectivity index (χ1v) is 5.10. The number of para-hydroxylation sites is 1. The van der Waals surface area contributed by atoms with Crippen LogP contribution in [0.5, 0.6) is 0 Å². The van der Waals surface area contributed by atoms with Crippen molar-refractivity contribution in [3.05, 3.63) is 47.5 Å². The fourth-order valence-corrected chi connectivity index (χ4v) is 1.72. The van der Waals surface area contributed by atoms with Crippen LogP contribution in [0, 0.1) is 0 Å². The van der Waals surface area contributed by atoms with Crippen LogP contribution in [0.3, 0.4) is 0 Å². The minimum absolute atomic E-state index is 0.0660. The second-order valence-corrected chi connectivity index (χ2v) is 3.84. The predicted octanol–water partition coefficient (Wildman–Crippen LogP) is 2.55. The first-order valence-electron chi connectivity index (χ1n) is 4.73. The highest BCUT2D eigenvalue weighted by molar-refractivity contribution is 6.32. The molecular formula is C11H12ClN3. The van der Waals surface area contributed by atoms with Crippen LogP contribution in [0.2, 0.25) is 5.02 Å². The summed E-state index contributed by atoms with van der Waals surface area (Å²) in [6.45, 7) is 1.92. The molecule has 2 N–H and O–H groups in total. The van der Waals surface area contributed by atoms with Crippen molar-refractivity contribution in [1.82, 2.24) is 9.55 Å². The van der Waals surface area contributed by atoms with E-state index >= 15 is 0 Å². The van der Waals surface area contributed by atoms with E-state index in [1.807, 2.05) is 35.8 Å². The van der Waals surface area contributed by atoms with Crippen molar-refractivity contribution >= 4 is 11.6 Å². The highest BCUT2D eigenvalue weighted by atomic mass is 35.5. The first kappa shape index (κ1) is 10.2. The van der Waals surface area contributed by atoms with E-state index in [0.717, 1.165) is 11.4 Å². The molecule has 0 saturated heterocycles. The molecule has 0 unspecified atom stereocenters. The van der Waals surface area contributed by atoms with E-state index in [9.17, 15) is 0 Å². The lowest BCUT2D eigenvalue weighted by molar-refractivity contribution is 0.752. The Hall–Kier alpha value is -1.32. The molecule has 1 aromatic heterocycles. The van der Waals surface area contributed by atoms with Gasteiger partial charge in [0.1, 0.15) is 0 Å². The lowest BCUT2D eigenvalue weighted by Crippen LogP contribution is -2.10. The third kappa shape index (κ3) is 1.89. The molecule has 0 radical (unpaired) electrons. The summed E-state index contributed by atoms with van der Waals surface area (Å²) in [7, 11) is 0. The van der Waals surface area contributed by atoms with E-state index in [1.54, 1.807) is 12.5 Å². The average molecular weight is 222 g/mol. The molecule has 4 heteroatoms. The number of benzene rings is 1. The Kier molecular flexibility index (Phi) is 2.75. The van der Waals surface area contributed by atoms with Gasteiger partial charge < -0.3 is 10.3 Å². The van der Waals surface area contributed by atoms with Gasteiger partial charge in [-0.05, 0) is 19.1 Å². The monoisotopic (exact) mass is 221 g/mol. The van der Waals surface area contributed by atoms with Gasteiger partial charge in [-0.3, -0.25) is 0 Å². The van der Waals surface area contributed by atoms with Crippen LogP contribution in [-0.2, 0) is 0 Å². The Morgan fingerprint density at radius 1 is 1.40 bits per heavy atom. The SMILES string of the molecule is C[C@H](N)c1cncn1-c1ccccc1Cl. The van der Waals surface area contributed by atoms with Crippen molar-refractivity contribution in [2.75, 3.05) is 0 Å². The van der Waals surface area contributed by atoms with Crippen molar-refractivity contribution in [3.63, 3.8) is 0 Å².